The van der Waals surface area contributed by atoms with Crippen molar-refractivity contribution in [2.24, 2.45) is 0 Å². The molecule has 0 aliphatic rings. The summed E-state index contributed by atoms with van der Waals surface area (Å²) in [5, 5.41) is 1.19. The number of benzene rings is 1. The van der Waals surface area contributed by atoms with Gasteiger partial charge >= 0.3 is 5.97 Å². The monoisotopic (exact) mass is 458 g/mol. The minimum absolute atomic E-state index is 0.0865. The van der Waals surface area contributed by atoms with Gasteiger partial charge in [-0.2, -0.15) is 0 Å². The molecule has 0 fully saturated rings. The van der Waals surface area contributed by atoms with Crippen LogP contribution in [0.4, 0.5) is 0 Å². The molecule has 0 aliphatic carbocycles. The van der Waals surface area contributed by atoms with Crippen LogP contribution < -0.4 is 4.74 Å². The van der Waals surface area contributed by atoms with E-state index < -0.39 is 14.3 Å². The standard InChI is InChI=1S/C23H27ClN2O4Si/c1-14(27)30-22-17-8-7-16(24)12-18(17)26-20(22)21(28)19-11-15(9-10-25-19)13-29-31(5,6)23(2,3)4/h7-12,26H,13H2,1-6H3. The Kier molecular flexibility index (Phi) is 6.41. The molecule has 0 bridgehead atoms. The quantitative estimate of drug-likeness (QED) is 0.282. The van der Waals surface area contributed by atoms with Crippen LogP contribution in [0, 0.1) is 0 Å². The van der Waals surface area contributed by atoms with E-state index in [0.29, 0.717) is 22.5 Å². The van der Waals surface area contributed by atoms with Crippen molar-refractivity contribution in [3.63, 3.8) is 0 Å². The number of carbonyl (C=O) groups excluding carboxylic acids is 2. The highest BCUT2D eigenvalue weighted by molar-refractivity contribution is 6.74. The number of H-pyrrole nitrogens is 1. The van der Waals surface area contributed by atoms with Gasteiger partial charge in [0.2, 0.25) is 5.78 Å². The van der Waals surface area contributed by atoms with Crippen LogP contribution in [0.1, 0.15) is 49.4 Å². The van der Waals surface area contributed by atoms with Gasteiger partial charge in [0.25, 0.3) is 0 Å². The SMILES string of the molecule is CC(=O)Oc1c(C(=O)c2cc(CO[Si](C)(C)C(C)(C)C)ccn2)[nH]c2cc(Cl)ccc12. The van der Waals surface area contributed by atoms with Crippen molar-refractivity contribution in [1.29, 1.82) is 0 Å². The molecule has 3 aromatic rings. The van der Waals surface area contributed by atoms with Crippen LogP contribution in [-0.4, -0.2) is 30.0 Å². The van der Waals surface area contributed by atoms with E-state index in [-0.39, 0.29) is 28.0 Å². The zero-order chi connectivity index (χ0) is 23.0. The number of aromatic amines is 1. The predicted molar refractivity (Wildman–Crippen MR) is 124 cm³/mol. The number of rotatable bonds is 6. The fourth-order valence-electron chi connectivity index (χ4n) is 2.85. The summed E-state index contributed by atoms with van der Waals surface area (Å²) in [6.45, 7) is 12.6. The number of esters is 1. The van der Waals surface area contributed by atoms with Gasteiger partial charge in [0.05, 0.1) is 12.1 Å². The molecule has 8 heteroatoms. The minimum atomic E-state index is -1.93. The van der Waals surface area contributed by atoms with Crippen molar-refractivity contribution in [1.82, 2.24) is 9.97 Å². The predicted octanol–water partition coefficient (Wildman–Crippen LogP) is 5.89. The summed E-state index contributed by atoms with van der Waals surface area (Å²) in [7, 11) is -1.93. The van der Waals surface area contributed by atoms with Crippen molar-refractivity contribution in [3.8, 4) is 5.75 Å². The fourth-order valence-corrected chi connectivity index (χ4v) is 3.98. The summed E-state index contributed by atoms with van der Waals surface area (Å²) in [4.78, 5) is 32.2. The first kappa shape index (κ1) is 23.2. The average molecular weight is 459 g/mol. The lowest BCUT2D eigenvalue weighted by Crippen LogP contribution is -2.40. The number of hydrogen-bond acceptors (Lipinski definition) is 5. The molecule has 1 aromatic carbocycles. The molecule has 164 valence electrons. The Morgan fingerprint density at radius 1 is 1.16 bits per heavy atom. The van der Waals surface area contributed by atoms with Crippen LogP contribution >= 0.6 is 11.6 Å². The van der Waals surface area contributed by atoms with Crippen LogP contribution in [0.3, 0.4) is 0 Å². The third kappa shape index (κ3) is 5.06. The van der Waals surface area contributed by atoms with Crippen LogP contribution in [0.5, 0.6) is 5.75 Å². The number of pyridine rings is 1. The Morgan fingerprint density at radius 3 is 2.52 bits per heavy atom. The number of nitrogens with zero attached hydrogens (tertiary/aromatic N) is 1. The zero-order valence-electron chi connectivity index (χ0n) is 18.6. The third-order valence-electron chi connectivity index (χ3n) is 5.65. The maximum atomic E-state index is 13.3. The number of carbonyl (C=O) groups is 2. The van der Waals surface area contributed by atoms with Crippen molar-refractivity contribution in [3.05, 3.63) is 58.5 Å². The minimum Gasteiger partial charge on any atom is -0.424 e. The summed E-state index contributed by atoms with van der Waals surface area (Å²) in [6.07, 6.45) is 1.59. The van der Waals surface area contributed by atoms with E-state index >= 15 is 0 Å². The van der Waals surface area contributed by atoms with E-state index in [2.05, 4.69) is 43.8 Å². The molecule has 31 heavy (non-hydrogen) atoms. The molecule has 1 N–H and O–H groups in total. The van der Waals surface area contributed by atoms with Crippen LogP contribution in [0.25, 0.3) is 10.9 Å². The van der Waals surface area contributed by atoms with E-state index in [0.717, 1.165) is 5.56 Å². The van der Waals surface area contributed by atoms with Crippen molar-refractivity contribution in [2.45, 2.75) is 52.4 Å². The van der Waals surface area contributed by atoms with Gasteiger partial charge in [0.1, 0.15) is 11.4 Å². The van der Waals surface area contributed by atoms with E-state index in [1.807, 2.05) is 6.07 Å². The van der Waals surface area contributed by atoms with Gasteiger partial charge in [0.15, 0.2) is 14.1 Å². The van der Waals surface area contributed by atoms with Gasteiger partial charge in [-0.1, -0.05) is 32.4 Å². The number of aromatic nitrogens is 2. The largest absolute Gasteiger partial charge is 0.424 e. The lowest BCUT2D eigenvalue weighted by atomic mass is 10.1. The van der Waals surface area contributed by atoms with Crippen LogP contribution in [-0.2, 0) is 15.8 Å². The molecule has 0 radical (unpaired) electrons. The van der Waals surface area contributed by atoms with Gasteiger partial charge in [-0.05, 0) is 54.0 Å². The smallest absolute Gasteiger partial charge is 0.308 e. The highest BCUT2D eigenvalue weighted by atomic mass is 35.5. The Labute approximate surface area is 188 Å². The second-order valence-electron chi connectivity index (χ2n) is 9.04. The van der Waals surface area contributed by atoms with Gasteiger partial charge in [-0.15, -0.1) is 0 Å². The molecule has 2 heterocycles. The lowest BCUT2D eigenvalue weighted by molar-refractivity contribution is -0.131. The molecule has 2 aromatic heterocycles. The molecule has 0 amide bonds. The Hall–Kier alpha value is -2.48. The first-order chi connectivity index (χ1) is 14.4. The number of ketones is 1. The highest BCUT2D eigenvalue weighted by Gasteiger charge is 2.37. The van der Waals surface area contributed by atoms with E-state index in [4.69, 9.17) is 20.8 Å². The maximum Gasteiger partial charge on any atom is 0.308 e. The van der Waals surface area contributed by atoms with Gasteiger partial charge in [-0.3, -0.25) is 14.6 Å². The lowest BCUT2D eigenvalue weighted by Gasteiger charge is -2.36. The number of nitrogens with one attached hydrogen (secondary N) is 1. The normalized spacial score (nSPS) is 12.2. The second-order valence-corrected chi connectivity index (χ2v) is 14.3. The molecular weight excluding hydrogens is 432 g/mol. The third-order valence-corrected chi connectivity index (χ3v) is 10.4. The number of halogens is 1. The van der Waals surface area contributed by atoms with Gasteiger partial charge in [0, 0.05) is 23.5 Å². The van der Waals surface area contributed by atoms with Crippen molar-refractivity contribution >= 4 is 42.6 Å². The number of fused-ring (bicyclic) bond motifs is 1. The molecule has 0 spiro atoms. The Balaban J connectivity index is 1.94. The van der Waals surface area contributed by atoms with E-state index in [1.165, 1.54) is 6.92 Å². The Bertz CT molecular complexity index is 1150. The van der Waals surface area contributed by atoms with Crippen LogP contribution in [0.15, 0.2) is 36.5 Å². The summed E-state index contributed by atoms with van der Waals surface area (Å²) in [6, 6.07) is 8.61. The highest BCUT2D eigenvalue weighted by Crippen LogP contribution is 2.37. The fraction of sp³-hybridized carbons (Fsp3) is 0.348. The molecule has 0 aliphatic heterocycles. The van der Waals surface area contributed by atoms with E-state index in [1.54, 1.807) is 30.5 Å². The summed E-state index contributed by atoms with van der Waals surface area (Å²) >= 11 is 6.07. The molecule has 3 rings (SSSR count). The molecular formula is C23H27ClN2O4Si. The molecule has 0 saturated carbocycles. The molecule has 0 saturated heterocycles. The van der Waals surface area contributed by atoms with Crippen LogP contribution in [0.2, 0.25) is 23.2 Å². The average Bonchev–Trinajstić information content (AvgIpc) is 3.02. The maximum absolute atomic E-state index is 13.3. The van der Waals surface area contributed by atoms with Gasteiger partial charge in [-0.25, -0.2) is 0 Å². The molecule has 0 atom stereocenters. The van der Waals surface area contributed by atoms with Crippen molar-refractivity contribution in [2.75, 3.05) is 0 Å². The number of hydrogen-bond donors (Lipinski definition) is 1. The molecule has 0 unspecified atom stereocenters. The van der Waals surface area contributed by atoms with Gasteiger partial charge < -0.3 is 14.1 Å². The summed E-state index contributed by atoms with van der Waals surface area (Å²) < 4.78 is 11.6. The summed E-state index contributed by atoms with van der Waals surface area (Å²) in [5.74, 6) is -0.721. The topological polar surface area (TPSA) is 81.3 Å². The first-order valence-corrected chi connectivity index (χ1v) is 13.3. The Morgan fingerprint density at radius 2 is 1.87 bits per heavy atom. The molecule has 6 nitrogen and oxygen atoms in total. The first-order valence-electron chi connectivity index (χ1n) is 10.0. The summed E-state index contributed by atoms with van der Waals surface area (Å²) in [5.41, 5.74) is 1.85. The van der Waals surface area contributed by atoms with E-state index in [9.17, 15) is 9.59 Å². The second kappa shape index (κ2) is 8.57. The van der Waals surface area contributed by atoms with Crippen molar-refractivity contribution < 1.29 is 18.8 Å². The zero-order valence-corrected chi connectivity index (χ0v) is 20.4. The number of ether oxygens (including phenoxy) is 1.